The van der Waals surface area contributed by atoms with Crippen molar-refractivity contribution in [1.82, 2.24) is 0 Å². The van der Waals surface area contributed by atoms with E-state index in [1.54, 1.807) is 12.2 Å². The zero-order valence-corrected chi connectivity index (χ0v) is 7.04. The molecule has 0 rings (SSSR count). The quantitative estimate of drug-likeness (QED) is 0.442. The molecule has 0 bridgehead atoms. The molecule has 0 fully saturated rings. The topological polar surface area (TPSA) is 18.5 Å². The second-order valence-corrected chi connectivity index (χ2v) is 1.93. The van der Waals surface area contributed by atoms with Gasteiger partial charge in [-0.2, -0.15) is 0 Å². The first-order chi connectivity index (χ1) is 5.31. The minimum Gasteiger partial charge on any atom is -0.353 e. The summed E-state index contributed by atoms with van der Waals surface area (Å²) >= 11 is 0. The number of terminal acetylenes is 1. The van der Waals surface area contributed by atoms with Gasteiger partial charge in [-0.05, 0) is 19.9 Å². The van der Waals surface area contributed by atoms with Crippen LogP contribution in [-0.4, -0.2) is 19.5 Å². The molecule has 0 saturated carbocycles. The number of hydrogen-bond acceptors (Lipinski definition) is 2. The van der Waals surface area contributed by atoms with Crippen molar-refractivity contribution in [2.45, 2.75) is 20.1 Å². The van der Waals surface area contributed by atoms with Crippen molar-refractivity contribution in [2.75, 3.05) is 13.2 Å². The Bertz CT molecular complexity index is 144. The van der Waals surface area contributed by atoms with Crippen molar-refractivity contribution in [1.29, 1.82) is 0 Å². The molecular formula is C9H14O2. The summed E-state index contributed by atoms with van der Waals surface area (Å²) in [6.45, 7) is 4.95. The van der Waals surface area contributed by atoms with Gasteiger partial charge in [0.1, 0.15) is 0 Å². The summed E-state index contributed by atoms with van der Waals surface area (Å²) in [4.78, 5) is 0. The van der Waals surface area contributed by atoms with Crippen LogP contribution in [0, 0.1) is 12.3 Å². The fraction of sp³-hybridized carbons (Fsp3) is 0.556. The van der Waals surface area contributed by atoms with Crippen molar-refractivity contribution in [3.63, 3.8) is 0 Å². The van der Waals surface area contributed by atoms with Gasteiger partial charge in [0.2, 0.25) is 0 Å². The van der Waals surface area contributed by atoms with E-state index in [2.05, 4.69) is 5.92 Å². The summed E-state index contributed by atoms with van der Waals surface area (Å²) in [6.07, 6.45) is 8.21. The number of rotatable bonds is 5. The lowest BCUT2D eigenvalue weighted by atomic mass is 10.5. The molecule has 0 aromatic rings. The molecule has 11 heavy (non-hydrogen) atoms. The Kier molecular flexibility index (Phi) is 6.81. The third-order valence-corrected chi connectivity index (χ3v) is 1.04. The molecule has 62 valence electrons. The van der Waals surface area contributed by atoms with E-state index in [0.29, 0.717) is 13.2 Å². The minimum absolute atomic E-state index is 0.151. The molecule has 0 N–H and O–H groups in total. The molecule has 0 aliphatic carbocycles. The number of allylic oxidation sites excluding steroid dienone is 1. The normalized spacial score (nSPS) is 13.2. The molecule has 0 radical (unpaired) electrons. The van der Waals surface area contributed by atoms with Gasteiger partial charge in [0.05, 0.1) is 6.61 Å². The molecule has 0 aliphatic rings. The maximum absolute atomic E-state index is 5.18. The Hall–Kier alpha value is -0.780. The molecule has 0 spiro atoms. The lowest BCUT2D eigenvalue weighted by molar-refractivity contribution is -0.118. The van der Waals surface area contributed by atoms with Crippen molar-refractivity contribution >= 4 is 0 Å². The van der Waals surface area contributed by atoms with Crippen molar-refractivity contribution in [3.05, 3.63) is 12.2 Å². The molecule has 2 nitrogen and oxygen atoms in total. The van der Waals surface area contributed by atoms with E-state index in [-0.39, 0.29) is 6.29 Å². The number of hydrogen-bond donors (Lipinski definition) is 0. The van der Waals surface area contributed by atoms with Gasteiger partial charge < -0.3 is 9.47 Å². The van der Waals surface area contributed by atoms with Gasteiger partial charge >= 0.3 is 0 Å². The van der Waals surface area contributed by atoms with Crippen LogP contribution < -0.4 is 0 Å². The van der Waals surface area contributed by atoms with Crippen LogP contribution in [0.25, 0.3) is 0 Å². The van der Waals surface area contributed by atoms with Gasteiger partial charge in [-0.25, -0.2) is 0 Å². The van der Waals surface area contributed by atoms with Crippen LogP contribution in [0.3, 0.4) is 0 Å². The summed E-state index contributed by atoms with van der Waals surface area (Å²) in [5.41, 5.74) is 0. The SMILES string of the molecule is C#CC=CCOC(C)OCC. The fourth-order valence-corrected chi connectivity index (χ4v) is 0.590. The van der Waals surface area contributed by atoms with Crippen molar-refractivity contribution in [2.24, 2.45) is 0 Å². The largest absolute Gasteiger partial charge is 0.353 e. The standard InChI is InChI=1S/C9H14O2/c1-4-6-7-8-11-9(3)10-5-2/h1,6-7,9H,5,8H2,2-3H3. The Balaban J connectivity index is 3.25. The predicted octanol–water partition coefficient (Wildman–Crippen LogP) is 1.57. The first kappa shape index (κ1) is 10.2. The van der Waals surface area contributed by atoms with Gasteiger partial charge in [-0.3, -0.25) is 0 Å². The van der Waals surface area contributed by atoms with E-state index < -0.39 is 0 Å². The van der Waals surface area contributed by atoms with Crippen LogP contribution in [0.15, 0.2) is 12.2 Å². The van der Waals surface area contributed by atoms with E-state index in [4.69, 9.17) is 15.9 Å². The summed E-state index contributed by atoms with van der Waals surface area (Å²) in [7, 11) is 0. The predicted molar refractivity (Wildman–Crippen MR) is 45.0 cm³/mol. The van der Waals surface area contributed by atoms with Gasteiger partial charge in [0.25, 0.3) is 0 Å². The average Bonchev–Trinajstić information content (AvgIpc) is 1.99. The van der Waals surface area contributed by atoms with Crippen LogP contribution >= 0.6 is 0 Å². The molecule has 2 heteroatoms. The zero-order chi connectivity index (χ0) is 8.53. The first-order valence-electron chi connectivity index (χ1n) is 3.65. The van der Waals surface area contributed by atoms with Gasteiger partial charge in [-0.15, -0.1) is 6.42 Å². The van der Waals surface area contributed by atoms with Crippen LogP contribution in [0.1, 0.15) is 13.8 Å². The number of ether oxygens (including phenoxy) is 2. The Morgan fingerprint density at radius 1 is 1.55 bits per heavy atom. The Morgan fingerprint density at radius 3 is 2.82 bits per heavy atom. The van der Waals surface area contributed by atoms with Gasteiger partial charge in [-0.1, -0.05) is 12.0 Å². The minimum atomic E-state index is -0.151. The summed E-state index contributed by atoms with van der Waals surface area (Å²) in [5, 5.41) is 0. The monoisotopic (exact) mass is 154 g/mol. The molecule has 0 saturated heterocycles. The maximum Gasteiger partial charge on any atom is 0.155 e. The van der Waals surface area contributed by atoms with Crippen molar-refractivity contribution in [3.8, 4) is 12.3 Å². The smallest absolute Gasteiger partial charge is 0.155 e. The van der Waals surface area contributed by atoms with Crippen LogP contribution in [0.5, 0.6) is 0 Å². The molecule has 0 heterocycles. The lowest BCUT2D eigenvalue weighted by Gasteiger charge is -2.10. The highest BCUT2D eigenvalue weighted by Gasteiger charge is 1.96. The fourth-order valence-electron chi connectivity index (χ4n) is 0.590. The lowest BCUT2D eigenvalue weighted by Crippen LogP contribution is -2.12. The van der Waals surface area contributed by atoms with Crippen LogP contribution in [0.2, 0.25) is 0 Å². The van der Waals surface area contributed by atoms with E-state index >= 15 is 0 Å². The Morgan fingerprint density at radius 2 is 2.27 bits per heavy atom. The molecule has 1 atom stereocenters. The van der Waals surface area contributed by atoms with E-state index in [1.165, 1.54) is 0 Å². The van der Waals surface area contributed by atoms with E-state index in [9.17, 15) is 0 Å². The highest BCUT2D eigenvalue weighted by Crippen LogP contribution is 1.92. The van der Waals surface area contributed by atoms with Gasteiger partial charge in [0, 0.05) is 6.61 Å². The molecule has 0 aromatic carbocycles. The molecular weight excluding hydrogens is 140 g/mol. The van der Waals surface area contributed by atoms with Gasteiger partial charge in [0.15, 0.2) is 6.29 Å². The van der Waals surface area contributed by atoms with Crippen LogP contribution in [-0.2, 0) is 9.47 Å². The second kappa shape index (κ2) is 7.33. The van der Waals surface area contributed by atoms with E-state index in [1.807, 2.05) is 13.8 Å². The second-order valence-electron chi connectivity index (χ2n) is 1.93. The first-order valence-corrected chi connectivity index (χ1v) is 3.65. The maximum atomic E-state index is 5.18. The molecule has 0 amide bonds. The average molecular weight is 154 g/mol. The highest BCUT2D eigenvalue weighted by atomic mass is 16.7. The summed E-state index contributed by atoms with van der Waals surface area (Å²) in [5.74, 6) is 2.37. The molecule has 0 aliphatic heterocycles. The van der Waals surface area contributed by atoms with E-state index in [0.717, 1.165) is 0 Å². The summed E-state index contributed by atoms with van der Waals surface area (Å²) in [6, 6.07) is 0. The van der Waals surface area contributed by atoms with Crippen molar-refractivity contribution < 1.29 is 9.47 Å². The zero-order valence-electron chi connectivity index (χ0n) is 7.04. The highest BCUT2D eigenvalue weighted by molar-refractivity contribution is 5.08. The molecule has 1 unspecified atom stereocenters. The van der Waals surface area contributed by atoms with Crippen LogP contribution in [0.4, 0.5) is 0 Å². The summed E-state index contributed by atoms with van der Waals surface area (Å²) < 4.78 is 10.3. The third kappa shape index (κ3) is 7.11. The molecule has 0 aromatic heterocycles. The Labute approximate surface area is 68.2 Å². The third-order valence-electron chi connectivity index (χ3n) is 1.04.